The smallest absolute Gasteiger partial charge is 0.407 e. The molecule has 1 amide bonds. The molecule has 0 bridgehead atoms. The molecule has 15 heteroatoms. The lowest BCUT2D eigenvalue weighted by molar-refractivity contribution is 0.0220. The average Bonchev–Trinajstić information content (AvgIpc) is 3.37. The number of methoxy groups -OCH3 is 3. The third-order valence-corrected chi connectivity index (χ3v) is 9.99. The summed E-state index contributed by atoms with van der Waals surface area (Å²) in [6, 6.07) is 6.32. The van der Waals surface area contributed by atoms with Crippen LogP contribution < -0.4 is 24.3 Å². The maximum Gasteiger partial charge on any atom is 0.407 e. The van der Waals surface area contributed by atoms with Gasteiger partial charge in [-0.05, 0) is 119 Å². The molecule has 1 unspecified atom stereocenters. The minimum Gasteiger partial charge on any atom is -0.493 e. The van der Waals surface area contributed by atoms with Gasteiger partial charge in [0.1, 0.15) is 17.5 Å². The first kappa shape index (κ1) is 45.9. The van der Waals surface area contributed by atoms with Crippen LogP contribution in [0.3, 0.4) is 0 Å². The van der Waals surface area contributed by atoms with E-state index in [9.17, 15) is 14.4 Å². The highest BCUT2D eigenvalue weighted by molar-refractivity contribution is 9.10. The number of carbonyl (C=O) groups excluding carboxylic acids is 3. The van der Waals surface area contributed by atoms with Gasteiger partial charge in [-0.1, -0.05) is 25.4 Å². The number of halogens is 2. The molecule has 2 aromatic carbocycles. The van der Waals surface area contributed by atoms with E-state index in [1.54, 1.807) is 24.3 Å². The molecule has 1 fully saturated rings. The quantitative estimate of drug-likeness (QED) is 0.0797. The summed E-state index contributed by atoms with van der Waals surface area (Å²) in [5, 5.41) is 3.17. The second-order valence-corrected chi connectivity index (χ2v) is 16.0. The van der Waals surface area contributed by atoms with E-state index in [4.69, 9.17) is 44.8 Å². The summed E-state index contributed by atoms with van der Waals surface area (Å²) in [5.74, 6) is 0.730. The molecule has 1 N–H and O–H groups in total. The van der Waals surface area contributed by atoms with Gasteiger partial charge in [0.15, 0.2) is 11.5 Å². The van der Waals surface area contributed by atoms with Crippen molar-refractivity contribution >= 4 is 45.6 Å². The maximum atomic E-state index is 13.6. The van der Waals surface area contributed by atoms with Crippen molar-refractivity contribution in [2.24, 2.45) is 5.92 Å². The van der Waals surface area contributed by atoms with E-state index in [1.807, 2.05) is 34.6 Å². The highest BCUT2D eigenvalue weighted by Crippen LogP contribution is 2.39. The van der Waals surface area contributed by atoms with E-state index in [1.165, 1.54) is 21.3 Å². The number of carbonyl (C=O) groups is 3. The minimum atomic E-state index is -0.523. The van der Waals surface area contributed by atoms with Gasteiger partial charge in [-0.15, -0.1) is 0 Å². The van der Waals surface area contributed by atoms with E-state index < -0.39 is 29.7 Å². The molecule has 1 atom stereocenters. The molecule has 1 saturated heterocycles. The predicted octanol–water partition coefficient (Wildman–Crippen LogP) is 7.64. The molecule has 2 aromatic rings. The molecule has 13 nitrogen and oxygen atoms in total. The maximum absolute atomic E-state index is 13.6. The molecule has 0 saturated carbocycles. The number of hydrogen-bond acceptors (Lipinski definition) is 12. The van der Waals surface area contributed by atoms with Gasteiger partial charge in [0, 0.05) is 26.2 Å². The van der Waals surface area contributed by atoms with Crippen LogP contribution >= 0.6 is 27.5 Å². The normalized spacial score (nSPS) is 14.5. The minimum absolute atomic E-state index is 0.196. The monoisotopic (exact) mass is 855 g/mol. The number of alkyl carbamates (subject to hydrolysis) is 1. The first-order valence-corrected chi connectivity index (χ1v) is 20.0. The number of rotatable bonds is 20. The number of hydrogen-bond donors (Lipinski definition) is 1. The molecule has 0 aliphatic carbocycles. The molecular weight excluding hydrogens is 798 g/mol. The fourth-order valence-electron chi connectivity index (χ4n) is 5.89. The molecule has 3 rings (SSSR count). The predicted molar refractivity (Wildman–Crippen MR) is 215 cm³/mol. The summed E-state index contributed by atoms with van der Waals surface area (Å²) < 4.78 is 39.8. The van der Waals surface area contributed by atoms with Crippen molar-refractivity contribution in [1.29, 1.82) is 0 Å². The SMILES string of the molecule is COc1cc(C(=O)OC(CCCOc2cc(C(=O)OCC(C)C)cc(Cl)c2Br)CCN2CCCN(CCCNC(=O)OC(C)(C)C)CC2)cc(OC)c1OC. The van der Waals surface area contributed by atoms with Crippen LogP contribution in [0.15, 0.2) is 28.7 Å². The Morgan fingerprint density at radius 1 is 0.836 bits per heavy atom. The summed E-state index contributed by atoms with van der Waals surface area (Å²) in [5.41, 5.74) is 0.0568. The van der Waals surface area contributed by atoms with Crippen molar-refractivity contribution in [3.05, 3.63) is 44.9 Å². The van der Waals surface area contributed by atoms with Crippen molar-refractivity contribution in [1.82, 2.24) is 15.1 Å². The van der Waals surface area contributed by atoms with Gasteiger partial charge in [0.25, 0.3) is 0 Å². The van der Waals surface area contributed by atoms with Gasteiger partial charge < -0.3 is 48.3 Å². The van der Waals surface area contributed by atoms with Crippen molar-refractivity contribution in [3.8, 4) is 23.0 Å². The fraction of sp³-hybridized carbons (Fsp3) is 0.625. The van der Waals surface area contributed by atoms with E-state index in [0.717, 1.165) is 52.1 Å². The number of benzene rings is 2. The van der Waals surface area contributed by atoms with Crippen LogP contribution in [0, 0.1) is 5.92 Å². The zero-order valence-corrected chi connectivity index (χ0v) is 35.9. The number of ether oxygens (including phenoxy) is 7. The summed E-state index contributed by atoms with van der Waals surface area (Å²) in [6.07, 6.45) is 2.72. The van der Waals surface area contributed by atoms with E-state index in [2.05, 4.69) is 31.0 Å². The standard InChI is InChI=1S/C40H59BrClN3O10/c1-27(2)26-53-37(46)28-22-31(42)35(41)32(23-28)52-21-9-12-30(54-38(47)29-24-33(49-6)36(51-8)34(25-29)50-7)13-18-45-17-11-16-44(19-20-45)15-10-14-43-39(48)55-40(3,4)5/h22-25,27,30H,9-21,26H2,1-8H3,(H,43,48). The number of nitrogens with one attached hydrogen (secondary N) is 1. The molecular formula is C40H59BrClN3O10. The van der Waals surface area contributed by atoms with Crippen LogP contribution in [0.1, 0.15) is 87.4 Å². The Bertz CT molecular complexity index is 1530. The van der Waals surface area contributed by atoms with Crippen molar-refractivity contribution in [2.75, 3.05) is 80.4 Å². The second kappa shape index (κ2) is 22.9. The third-order valence-electron chi connectivity index (χ3n) is 8.65. The Balaban J connectivity index is 1.63. The van der Waals surface area contributed by atoms with Gasteiger partial charge in [-0.3, -0.25) is 0 Å². The van der Waals surface area contributed by atoms with E-state index >= 15 is 0 Å². The van der Waals surface area contributed by atoms with Crippen LogP contribution in [0.4, 0.5) is 4.79 Å². The van der Waals surface area contributed by atoms with Gasteiger partial charge in [-0.25, -0.2) is 14.4 Å². The molecule has 0 spiro atoms. The number of nitrogens with zero attached hydrogens (tertiary/aromatic N) is 2. The van der Waals surface area contributed by atoms with Crippen LogP contribution in [0.25, 0.3) is 0 Å². The lowest BCUT2D eigenvalue weighted by atomic mass is 10.1. The van der Waals surface area contributed by atoms with Gasteiger partial charge in [0.2, 0.25) is 5.75 Å². The Hall–Kier alpha value is -3.46. The lowest BCUT2D eigenvalue weighted by Crippen LogP contribution is -2.36. The number of amides is 1. The van der Waals surface area contributed by atoms with Crippen LogP contribution in [-0.4, -0.2) is 120 Å². The molecule has 1 heterocycles. The molecule has 0 radical (unpaired) electrons. The van der Waals surface area contributed by atoms with Crippen LogP contribution in [-0.2, 0) is 14.2 Å². The molecule has 308 valence electrons. The highest BCUT2D eigenvalue weighted by Gasteiger charge is 2.24. The first-order valence-electron chi connectivity index (χ1n) is 18.9. The number of esters is 2. The van der Waals surface area contributed by atoms with Crippen molar-refractivity contribution < 1.29 is 47.5 Å². The van der Waals surface area contributed by atoms with Crippen molar-refractivity contribution in [3.63, 3.8) is 0 Å². The average molecular weight is 857 g/mol. The summed E-state index contributed by atoms with van der Waals surface area (Å²) in [4.78, 5) is 43.0. The zero-order valence-electron chi connectivity index (χ0n) is 33.6. The van der Waals surface area contributed by atoms with Crippen LogP contribution in [0.2, 0.25) is 5.02 Å². The fourth-order valence-corrected chi connectivity index (χ4v) is 6.45. The Kier molecular flexibility index (Phi) is 19.2. The Morgan fingerprint density at radius 2 is 1.45 bits per heavy atom. The molecule has 55 heavy (non-hydrogen) atoms. The van der Waals surface area contributed by atoms with E-state index in [-0.39, 0.29) is 11.5 Å². The van der Waals surface area contributed by atoms with Gasteiger partial charge >= 0.3 is 18.0 Å². The Labute approximate surface area is 339 Å². The summed E-state index contributed by atoms with van der Waals surface area (Å²) in [6.45, 7) is 15.9. The van der Waals surface area contributed by atoms with Gasteiger partial charge in [-0.2, -0.15) is 0 Å². The van der Waals surface area contributed by atoms with E-state index in [0.29, 0.717) is 77.1 Å². The lowest BCUT2D eigenvalue weighted by Gasteiger charge is -2.25. The summed E-state index contributed by atoms with van der Waals surface area (Å²) in [7, 11) is 4.49. The zero-order chi connectivity index (χ0) is 40.5. The van der Waals surface area contributed by atoms with Crippen molar-refractivity contribution in [2.45, 2.75) is 78.4 Å². The topological polar surface area (TPSA) is 134 Å². The first-order chi connectivity index (χ1) is 26.1. The molecule has 1 aliphatic rings. The Morgan fingerprint density at radius 3 is 2.05 bits per heavy atom. The van der Waals surface area contributed by atoms with Gasteiger partial charge in [0.05, 0.1) is 55.2 Å². The molecule has 1 aliphatic heterocycles. The summed E-state index contributed by atoms with van der Waals surface area (Å²) >= 11 is 9.89. The largest absolute Gasteiger partial charge is 0.493 e. The van der Waals surface area contributed by atoms with Crippen LogP contribution in [0.5, 0.6) is 23.0 Å². The highest BCUT2D eigenvalue weighted by atomic mass is 79.9. The second-order valence-electron chi connectivity index (χ2n) is 14.8. The molecule has 0 aromatic heterocycles. The third kappa shape index (κ3) is 15.9.